The van der Waals surface area contributed by atoms with Crippen LogP contribution in [0.4, 0.5) is 17.5 Å². The minimum Gasteiger partial charge on any atom is -0.394 e. The number of aliphatic hydroxyl groups excluding tert-OH is 3. The van der Waals surface area contributed by atoms with Gasteiger partial charge in [0.1, 0.15) is 18.3 Å². The Kier molecular flexibility index (Phi) is 4.47. The molecule has 1 aromatic rings. The molecule has 10 nitrogen and oxygen atoms in total. The lowest BCUT2D eigenvalue weighted by molar-refractivity contribution is -0.0213. The summed E-state index contributed by atoms with van der Waals surface area (Å²) in [5.74, 6) is 0.0106. The Morgan fingerprint density at radius 2 is 2.14 bits per heavy atom. The zero-order valence-electron chi connectivity index (χ0n) is 12.2. The summed E-state index contributed by atoms with van der Waals surface area (Å²) >= 11 is 0. The topological polar surface area (TPSA) is 146 Å². The number of ether oxygens (including phenoxy) is 1. The molecule has 0 aliphatic carbocycles. The molecule has 4 atom stereocenters. The monoisotopic (exact) mass is 313 g/mol. The third-order valence-electron chi connectivity index (χ3n) is 3.67. The van der Waals surface area contributed by atoms with E-state index in [4.69, 9.17) is 15.6 Å². The average molecular weight is 313 g/mol. The van der Waals surface area contributed by atoms with E-state index in [0.717, 1.165) is 4.57 Å². The summed E-state index contributed by atoms with van der Waals surface area (Å²) < 4.78 is 6.49. The third-order valence-corrected chi connectivity index (χ3v) is 3.67. The van der Waals surface area contributed by atoms with Gasteiger partial charge in [0.15, 0.2) is 17.7 Å². The third kappa shape index (κ3) is 2.46. The first-order chi connectivity index (χ1) is 10.3. The Hall–Kier alpha value is -2.01. The van der Waals surface area contributed by atoms with Crippen LogP contribution >= 0.6 is 0 Å². The number of nitrogens with two attached hydrogens (primary N) is 1. The molecule has 122 valence electrons. The van der Waals surface area contributed by atoms with Crippen molar-refractivity contribution in [2.45, 2.75) is 24.5 Å². The van der Waals surface area contributed by atoms with Crippen molar-refractivity contribution in [3.05, 3.63) is 10.4 Å². The van der Waals surface area contributed by atoms with Crippen molar-refractivity contribution in [1.82, 2.24) is 9.55 Å². The van der Waals surface area contributed by atoms with E-state index in [-0.39, 0.29) is 17.5 Å². The number of nitrogen functional groups attached to an aromatic ring is 1. The summed E-state index contributed by atoms with van der Waals surface area (Å²) in [7, 11) is 2.94. The first kappa shape index (κ1) is 16.4. The van der Waals surface area contributed by atoms with Crippen molar-refractivity contribution < 1.29 is 20.1 Å². The highest BCUT2D eigenvalue weighted by atomic mass is 16.6. The van der Waals surface area contributed by atoms with Crippen molar-refractivity contribution in [3.63, 3.8) is 0 Å². The molecule has 0 bridgehead atoms. The minimum absolute atomic E-state index is 0.0500. The number of hydrogen-bond donors (Lipinski definition) is 4. The van der Waals surface area contributed by atoms with Crippen molar-refractivity contribution in [2.24, 2.45) is 12.0 Å². The van der Waals surface area contributed by atoms with Crippen LogP contribution in [0.5, 0.6) is 0 Å². The molecule has 1 aliphatic rings. The molecule has 1 aliphatic heterocycles. The number of hydrogen-bond acceptors (Lipinski definition) is 9. The van der Waals surface area contributed by atoms with Crippen LogP contribution in [0.25, 0.3) is 0 Å². The molecule has 0 aromatic carbocycles. The smallest absolute Gasteiger partial charge is 0.282 e. The van der Waals surface area contributed by atoms with Gasteiger partial charge in [-0.25, -0.2) is 0 Å². The van der Waals surface area contributed by atoms with Gasteiger partial charge in [-0.2, -0.15) is 4.98 Å². The molecule has 2 rings (SSSR count). The molecule has 0 saturated carbocycles. The van der Waals surface area contributed by atoms with Crippen LogP contribution in [-0.2, 0) is 11.8 Å². The zero-order valence-corrected chi connectivity index (χ0v) is 12.2. The van der Waals surface area contributed by atoms with E-state index in [1.54, 1.807) is 0 Å². The predicted octanol–water partition coefficient (Wildman–Crippen LogP) is -2.43. The quantitative estimate of drug-likeness (QED) is 0.449. The molecule has 1 fully saturated rings. The average Bonchev–Trinajstić information content (AvgIpc) is 2.79. The zero-order chi connectivity index (χ0) is 16.6. The van der Waals surface area contributed by atoms with E-state index >= 15 is 0 Å². The first-order valence-electron chi connectivity index (χ1n) is 6.52. The van der Waals surface area contributed by atoms with E-state index in [9.17, 15) is 15.0 Å². The van der Waals surface area contributed by atoms with Crippen LogP contribution in [0.3, 0.4) is 0 Å². The summed E-state index contributed by atoms with van der Waals surface area (Å²) in [4.78, 5) is 21.2. The summed E-state index contributed by atoms with van der Waals surface area (Å²) in [5, 5.41) is 28.9. The van der Waals surface area contributed by atoms with Crippen LogP contribution in [0.15, 0.2) is 9.79 Å². The molecule has 22 heavy (non-hydrogen) atoms. The van der Waals surface area contributed by atoms with Gasteiger partial charge in [-0.1, -0.05) is 0 Å². The largest absolute Gasteiger partial charge is 0.394 e. The SMILES string of the molecule is C=Nc1c(N(C)[C@@H]2O[C@H](CO)C(O)C2O)nc(N)n(C)c1=O. The van der Waals surface area contributed by atoms with Gasteiger partial charge in [0.05, 0.1) is 6.61 Å². The second-order valence-corrected chi connectivity index (χ2v) is 5.00. The van der Waals surface area contributed by atoms with Crippen LogP contribution in [0.2, 0.25) is 0 Å². The molecule has 1 aromatic heterocycles. The summed E-state index contributed by atoms with van der Waals surface area (Å²) in [5.41, 5.74) is 5.11. The summed E-state index contributed by atoms with van der Waals surface area (Å²) in [6.45, 7) is 2.88. The highest BCUT2D eigenvalue weighted by Crippen LogP contribution is 2.30. The maximum absolute atomic E-state index is 12.1. The van der Waals surface area contributed by atoms with Gasteiger partial charge < -0.3 is 30.7 Å². The highest BCUT2D eigenvalue weighted by molar-refractivity contribution is 5.65. The lowest BCUT2D eigenvalue weighted by Gasteiger charge is -2.28. The minimum atomic E-state index is -1.30. The number of anilines is 2. The lowest BCUT2D eigenvalue weighted by Crippen LogP contribution is -2.43. The number of likely N-dealkylation sites (N-methyl/N-ethyl adjacent to an activating group) is 1. The number of nitrogens with zero attached hydrogens (tertiary/aromatic N) is 4. The molecule has 5 N–H and O–H groups in total. The normalized spacial score (nSPS) is 27.9. The van der Waals surface area contributed by atoms with Crippen molar-refractivity contribution in [3.8, 4) is 0 Å². The van der Waals surface area contributed by atoms with Crippen LogP contribution in [0, 0.1) is 0 Å². The number of aromatic nitrogens is 2. The van der Waals surface area contributed by atoms with E-state index in [2.05, 4.69) is 16.7 Å². The Morgan fingerprint density at radius 1 is 1.50 bits per heavy atom. The van der Waals surface area contributed by atoms with Gasteiger partial charge in [0.2, 0.25) is 5.95 Å². The van der Waals surface area contributed by atoms with Crippen molar-refractivity contribution in [2.75, 3.05) is 24.3 Å². The number of aliphatic hydroxyl groups is 3. The van der Waals surface area contributed by atoms with Crippen molar-refractivity contribution in [1.29, 1.82) is 0 Å². The molecule has 10 heteroatoms. The van der Waals surface area contributed by atoms with Gasteiger partial charge in [0.25, 0.3) is 5.56 Å². The molecule has 0 amide bonds. The Labute approximate surface area is 126 Å². The Morgan fingerprint density at radius 3 is 2.64 bits per heavy atom. The van der Waals surface area contributed by atoms with Crippen LogP contribution < -0.4 is 16.2 Å². The second kappa shape index (κ2) is 6.01. The fourth-order valence-electron chi connectivity index (χ4n) is 2.30. The van der Waals surface area contributed by atoms with E-state index in [1.807, 2.05) is 0 Å². The van der Waals surface area contributed by atoms with Gasteiger partial charge in [0, 0.05) is 14.1 Å². The van der Waals surface area contributed by atoms with Gasteiger partial charge >= 0.3 is 0 Å². The van der Waals surface area contributed by atoms with Crippen molar-refractivity contribution >= 4 is 24.2 Å². The lowest BCUT2D eigenvalue weighted by atomic mass is 10.1. The highest BCUT2D eigenvalue weighted by Gasteiger charge is 2.45. The molecule has 0 radical (unpaired) electrons. The predicted molar refractivity (Wildman–Crippen MR) is 79.3 cm³/mol. The molecule has 2 unspecified atom stereocenters. The first-order valence-corrected chi connectivity index (χ1v) is 6.52. The second-order valence-electron chi connectivity index (χ2n) is 5.00. The van der Waals surface area contributed by atoms with E-state index in [1.165, 1.54) is 19.0 Å². The molecular formula is C12H19N5O5. The molecular weight excluding hydrogens is 294 g/mol. The van der Waals surface area contributed by atoms with Gasteiger partial charge in [-0.3, -0.25) is 14.4 Å². The van der Waals surface area contributed by atoms with Crippen LogP contribution in [-0.4, -0.2) is 69.8 Å². The summed E-state index contributed by atoms with van der Waals surface area (Å²) in [6, 6.07) is 0. The van der Waals surface area contributed by atoms with Gasteiger partial charge in [-0.15, -0.1) is 0 Å². The van der Waals surface area contributed by atoms with Crippen LogP contribution in [0.1, 0.15) is 0 Å². The summed E-state index contributed by atoms with van der Waals surface area (Å²) in [6.07, 6.45) is -4.52. The molecule has 0 spiro atoms. The Bertz CT molecular complexity index is 633. The molecule has 1 saturated heterocycles. The maximum atomic E-state index is 12.1. The molecule has 2 heterocycles. The number of aliphatic imine (C=N–C) groups is 1. The maximum Gasteiger partial charge on any atom is 0.282 e. The fourth-order valence-corrected chi connectivity index (χ4v) is 2.30. The number of rotatable bonds is 4. The van der Waals surface area contributed by atoms with Gasteiger partial charge in [-0.05, 0) is 6.72 Å². The fraction of sp³-hybridized carbons (Fsp3) is 0.583. The Balaban J connectivity index is 2.44. The standard InChI is InChI=1S/C12H19N5O5/c1-14-6-9(15-12(13)17(3)10(6)21)16(2)11-8(20)7(19)5(4-18)22-11/h5,7-8,11,18-20H,1,4H2,2-3H3,(H2,13,15)/t5-,7?,8?,11-/m1/s1. The van der Waals surface area contributed by atoms with E-state index < -0.39 is 36.7 Å². The van der Waals surface area contributed by atoms with E-state index in [0.29, 0.717) is 0 Å².